The molecule has 0 fully saturated rings. The molecule has 1 N–H and O–H groups in total. The van der Waals surface area contributed by atoms with Crippen molar-refractivity contribution in [3.63, 3.8) is 0 Å². The average molecular weight is 261 g/mol. The molecule has 0 aliphatic carbocycles. The number of nitrogens with zero attached hydrogens (tertiary/aromatic N) is 1. The highest BCUT2D eigenvalue weighted by atomic mass is 19.4. The van der Waals surface area contributed by atoms with Crippen LogP contribution in [0.15, 0.2) is 24.3 Å². The van der Waals surface area contributed by atoms with Gasteiger partial charge in [-0.05, 0) is 30.5 Å². The molecule has 0 aliphatic heterocycles. The minimum Gasteiger partial charge on any atom is -0.393 e. The first kappa shape index (κ1) is 14.8. The lowest BCUT2D eigenvalue weighted by Crippen LogP contribution is -2.19. The number of aliphatic hydroxyl groups excluding tert-OH is 1. The number of alkyl halides is 3. The van der Waals surface area contributed by atoms with E-state index < -0.39 is 18.7 Å². The molecule has 0 amide bonds. The van der Waals surface area contributed by atoms with Gasteiger partial charge in [0.25, 0.3) is 0 Å². The SMILES string of the molecule is CN(C)c1ccc(CCC(O)CC(F)(F)F)cc1. The van der Waals surface area contributed by atoms with Crippen molar-refractivity contribution in [3.8, 4) is 0 Å². The van der Waals surface area contributed by atoms with E-state index in [1.54, 1.807) is 0 Å². The van der Waals surface area contributed by atoms with Gasteiger partial charge in [0.15, 0.2) is 0 Å². The first-order chi connectivity index (χ1) is 8.28. The molecule has 0 radical (unpaired) electrons. The quantitative estimate of drug-likeness (QED) is 0.880. The fourth-order valence-electron chi connectivity index (χ4n) is 1.66. The van der Waals surface area contributed by atoms with Gasteiger partial charge in [-0.3, -0.25) is 0 Å². The van der Waals surface area contributed by atoms with Gasteiger partial charge in [0.05, 0.1) is 12.5 Å². The Morgan fingerprint density at radius 1 is 1.17 bits per heavy atom. The molecule has 1 aromatic rings. The van der Waals surface area contributed by atoms with Crippen molar-refractivity contribution in [2.75, 3.05) is 19.0 Å². The van der Waals surface area contributed by atoms with Gasteiger partial charge in [0, 0.05) is 19.8 Å². The molecule has 5 heteroatoms. The normalized spacial score (nSPS) is 13.4. The molecule has 0 aliphatic rings. The molecular formula is C13H18F3NO. The van der Waals surface area contributed by atoms with Gasteiger partial charge in [-0.1, -0.05) is 12.1 Å². The Hall–Kier alpha value is -1.23. The Kier molecular flexibility index (Phi) is 5.02. The minimum atomic E-state index is -4.30. The fourth-order valence-corrected chi connectivity index (χ4v) is 1.66. The largest absolute Gasteiger partial charge is 0.393 e. The molecule has 1 rings (SSSR count). The van der Waals surface area contributed by atoms with E-state index in [1.165, 1.54) is 0 Å². The number of aryl methyl sites for hydroxylation is 1. The molecule has 1 aromatic carbocycles. The second-order valence-corrected chi connectivity index (χ2v) is 4.57. The van der Waals surface area contributed by atoms with Gasteiger partial charge in [0.1, 0.15) is 0 Å². The maximum atomic E-state index is 12.0. The molecule has 18 heavy (non-hydrogen) atoms. The topological polar surface area (TPSA) is 23.5 Å². The van der Waals surface area contributed by atoms with Crippen LogP contribution in [0.5, 0.6) is 0 Å². The van der Waals surface area contributed by atoms with Crippen LogP contribution in [-0.2, 0) is 6.42 Å². The summed E-state index contributed by atoms with van der Waals surface area (Å²) in [7, 11) is 3.84. The number of halogens is 3. The molecule has 2 nitrogen and oxygen atoms in total. The van der Waals surface area contributed by atoms with Crippen molar-refractivity contribution < 1.29 is 18.3 Å². The molecule has 0 saturated heterocycles. The minimum absolute atomic E-state index is 0.126. The summed E-state index contributed by atoms with van der Waals surface area (Å²) in [6, 6.07) is 7.56. The summed E-state index contributed by atoms with van der Waals surface area (Å²) in [4.78, 5) is 1.95. The highest BCUT2D eigenvalue weighted by molar-refractivity contribution is 5.45. The Morgan fingerprint density at radius 3 is 2.17 bits per heavy atom. The third-order valence-electron chi connectivity index (χ3n) is 2.69. The lowest BCUT2D eigenvalue weighted by atomic mass is 10.0. The highest BCUT2D eigenvalue weighted by Crippen LogP contribution is 2.23. The number of rotatable bonds is 5. The van der Waals surface area contributed by atoms with E-state index in [9.17, 15) is 18.3 Å². The van der Waals surface area contributed by atoms with Crippen LogP contribution in [0.2, 0.25) is 0 Å². The maximum Gasteiger partial charge on any atom is 0.391 e. The summed E-state index contributed by atoms with van der Waals surface area (Å²) < 4.78 is 36.0. The smallest absolute Gasteiger partial charge is 0.391 e. The van der Waals surface area contributed by atoms with Crippen LogP contribution < -0.4 is 4.90 Å². The Morgan fingerprint density at radius 2 is 1.72 bits per heavy atom. The van der Waals surface area contributed by atoms with Gasteiger partial charge in [0.2, 0.25) is 0 Å². The zero-order valence-electron chi connectivity index (χ0n) is 10.5. The molecule has 1 atom stereocenters. The Bertz CT molecular complexity index is 359. The van der Waals surface area contributed by atoms with Crippen LogP contribution in [0.4, 0.5) is 18.9 Å². The summed E-state index contributed by atoms with van der Waals surface area (Å²) >= 11 is 0. The second kappa shape index (κ2) is 6.09. The number of hydrogen-bond acceptors (Lipinski definition) is 2. The second-order valence-electron chi connectivity index (χ2n) is 4.57. The van der Waals surface area contributed by atoms with Crippen molar-refractivity contribution >= 4 is 5.69 Å². The van der Waals surface area contributed by atoms with Crippen LogP contribution in [0.25, 0.3) is 0 Å². The Balaban J connectivity index is 2.44. The maximum absolute atomic E-state index is 12.0. The third kappa shape index (κ3) is 5.40. The van der Waals surface area contributed by atoms with Crippen molar-refractivity contribution in [1.82, 2.24) is 0 Å². The van der Waals surface area contributed by atoms with Gasteiger partial charge >= 0.3 is 6.18 Å². The van der Waals surface area contributed by atoms with E-state index in [4.69, 9.17) is 0 Å². The van der Waals surface area contributed by atoms with Crippen molar-refractivity contribution in [2.45, 2.75) is 31.5 Å². The average Bonchev–Trinajstić information content (AvgIpc) is 2.24. The van der Waals surface area contributed by atoms with Crippen LogP contribution in [0.3, 0.4) is 0 Å². The number of hydrogen-bond donors (Lipinski definition) is 1. The number of anilines is 1. The van der Waals surface area contributed by atoms with E-state index in [0.717, 1.165) is 11.3 Å². The lowest BCUT2D eigenvalue weighted by Gasteiger charge is -2.14. The predicted octanol–water partition coefficient (Wildman–Crippen LogP) is 3.00. The standard InChI is InChI=1S/C13H18F3NO/c1-17(2)11-6-3-10(4-7-11)5-8-12(18)9-13(14,15)16/h3-4,6-7,12,18H,5,8-9H2,1-2H3. The number of aliphatic hydroxyl groups is 1. The Labute approximate surface area is 105 Å². The third-order valence-corrected chi connectivity index (χ3v) is 2.69. The summed E-state index contributed by atoms with van der Waals surface area (Å²) in [5.74, 6) is 0. The van der Waals surface area contributed by atoms with Gasteiger partial charge in [-0.15, -0.1) is 0 Å². The van der Waals surface area contributed by atoms with Gasteiger partial charge in [-0.25, -0.2) is 0 Å². The first-order valence-corrected chi connectivity index (χ1v) is 5.79. The van der Waals surface area contributed by atoms with Crippen LogP contribution in [0, 0.1) is 0 Å². The molecule has 102 valence electrons. The molecule has 1 unspecified atom stereocenters. The molecule has 0 saturated carbocycles. The van der Waals surface area contributed by atoms with Gasteiger partial charge in [-0.2, -0.15) is 13.2 Å². The highest BCUT2D eigenvalue weighted by Gasteiger charge is 2.30. The molecular weight excluding hydrogens is 243 g/mol. The summed E-state index contributed by atoms with van der Waals surface area (Å²) in [5.41, 5.74) is 1.97. The van der Waals surface area contributed by atoms with Gasteiger partial charge < -0.3 is 10.0 Å². The van der Waals surface area contributed by atoms with Crippen LogP contribution in [-0.4, -0.2) is 31.5 Å². The van der Waals surface area contributed by atoms with Crippen LogP contribution >= 0.6 is 0 Å². The van der Waals surface area contributed by atoms with E-state index in [1.807, 2.05) is 43.3 Å². The summed E-state index contributed by atoms with van der Waals surface area (Å²) in [5, 5.41) is 9.26. The van der Waals surface area contributed by atoms with Crippen molar-refractivity contribution in [2.24, 2.45) is 0 Å². The summed E-state index contributed by atoms with van der Waals surface area (Å²) in [6.45, 7) is 0. The van der Waals surface area contributed by atoms with Crippen molar-refractivity contribution in [3.05, 3.63) is 29.8 Å². The molecule has 0 bridgehead atoms. The molecule has 0 spiro atoms. The molecule has 0 heterocycles. The predicted molar refractivity (Wildman–Crippen MR) is 65.8 cm³/mol. The van der Waals surface area contributed by atoms with E-state index in [2.05, 4.69) is 0 Å². The monoisotopic (exact) mass is 261 g/mol. The zero-order chi connectivity index (χ0) is 13.8. The van der Waals surface area contributed by atoms with E-state index in [0.29, 0.717) is 6.42 Å². The first-order valence-electron chi connectivity index (χ1n) is 5.79. The zero-order valence-corrected chi connectivity index (χ0v) is 10.5. The number of benzene rings is 1. The van der Waals surface area contributed by atoms with E-state index in [-0.39, 0.29) is 6.42 Å². The lowest BCUT2D eigenvalue weighted by molar-refractivity contribution is -0.153. The fraction of sp³-hybridized carbons (Fsp3) is 0.538. The molecule has 0 aromatic heterocycles. The van der Waals surface area contributed by atoms with E-state index >= 15 is 0 Å². The van der Waals surface area contributed by atoms with Crippen molar-refractivity contribution in [1.29, 1.82) is 0 Å². The summed E-state index contributed by atoms with van der Waals surface area (Å²) in [6.07, 6.45) is -6.18. The van der Waals surface area contributed by atoms with Crippen LogP contribution in [0.1, 0.15) is 18.4 Å².